The molecule has 7 nitrogen and oxygen atoms in total. The van der Waals surface area contributed by atoms with Gasteiger partial charge in [-0.3, -0.25) is 9.59 Å². The Bertz CT molecular complexity index is 700. The summed E-state index contributed by atoms with van der Waals surface area (Å²) < 4.78 is 7.04. The van der Waals surface area contributed by atoms with Gasteiger partial charge in [0.05, 0.1) is 18.8 Å². The zero-order valence-electron chi connectivity index (χ0n) is 10.1. The van der Waals surface area contributed by atoms with Gasteiger partial charge in [0.15, 0.2) is 11.4 Å². The molecule has 1 amide bonds. The van der Waals surface area contributed by atoms with E-state index in [2.05, 4.69) is 10.2 Å². The molecule has 0 aliphatic carbocycles. The Hall–Kier alpha value is -2.31. The molecule has 0 saturated heterocycles. The Labute approximate surface area is 102 Å². The minimum atomic E-state index is -0.346. The van der Waals surface area contributed by atoms with E-state index in [4.69, 9.17) is 4.74 Å². The molecule has 2 aromatic heterocycles. The van der Waals surface area contributed by atoms with Crippen LogP contribution in [0.3, 0.4) is 0 Å². The molecular formula is C11H12N4O3. The van der Waals surface area contributed by atoms with Gasteiger partial charge in [0, 0.05) is 20.1 Å². The molecule has 3 rings (SSSR count). The van der Waals surface area contributed by atoms with Gasteiger partial charge < -0.3 is 14.2 Å². The van der Waals surface area contributed by atoms with Crippen LogP contribution >= 0.6 is 0 Å². The SMILES string of the molecule is COc1c2n(c3cn[nH]c(=O)c13)CCN(C)C2=O. The summed E-state index contributed by atoms with van der Waals surface area (Å²) in [5.41, 5.74) is 0.702. The summed E-state index contributed by atoms with van der Waals surface area (Å²) in [6.45, 7) is 1.23. The molecule has 1 aliphatic rings. The summed E-state index contributed by atoms with van der Waals surface area (Å²) in [7, 11) is 3.18. The monoisotopic (exact) mass is 248 g/mol. The Morgan fingerprint density at radius 1 is 1.39 bits per heavy atom. The van der Waals surface area contributed by atoms with E-state index in [0.29, 0.717) is 35.4 Å². The van der Waals surface area contributed by atoms with Gasteiger partial charge in [-0.15, -0.1) is 0 Å². The first-order chi connectivity index (χ1) is 8.65. The molecule has 0 atom stereocenters. The summed E-state index contributed by atoms with van der Waals surface area (Å²) >= 11 is 0. The van der Waals surface area contributed by atoms with Gasteiger partial charge >= 0.3 is 0 Å². The lowest BCUT2D eigenvalue weighted by Crippen LogP contribution is -2.37. The molecule has 3 heterocycles. The first-order valence-electron chi connectivity index (χ1n) is 5.54. The van der Waals surface area contributed by atoms with Crippen LogP contribution in [-0.4, -0.2) is 46.3 Å². The molecule has 1 N–H and O–H groups in total. The van der Waals surface area contributed by atoms with E-state index in [1.807, 2.05) is 0 Å². The van der Waals surface area contributed by atoms with Crippen LogP contribution in [0.2, 0.25) is 0 Å². The summed E-state index contributed by atoms with van der Waals surface area (Å²) in [5, 5.41) is 6.51. The fraction of sp³-hybridized carbons (Fsp3) is 0.364. The van der Waals surface area contributed by atoms with Crippen LogP contribution in [0.1, 0.15) is 10.5 Å². The van der Waals surface area contributed by atoms with Crippen molar-refractivity contribution in [2.24, 2.45) is 0 Å². The second-order valence-electron chi connectivity index (χ2n) is 4.22. The number of fused-ring (bicyclic) bond motifs is 3. The van der Waals surface area contributed by atoms with Crippen LogP contribution in [-0.2, 0) is 6.54 Å². The summed E-state index contributed by atoms with van der Waals surface area (Å²) in [4.78, 5) is 25.6. The molecule has 0 radical (unpaired) electrons. The lowest BCUT2D eigenvalue weighted by atomic mass is 10.2. The fourth-order valence-corrected chi connectivity index (χ4v) is 2.35. The average Bonchev–Trinajstić information content (AvgIpc) is 2.70. The third-order valence-electron chi connectivity index (χ3n) is 3.25. The third-order valence-corrected chi connectivity index (χ3v) is 3.25. The van der Waals surface area contributed by atoms with E-state index >= 15 is 0 Å². The number of hydrogen-bond donors (Lipinski definition) is 1. The number of nitrogens with one attached hydrogen (secondary N) is 1. The predicted octanol–water partition coefficient (Wildman–Crippen LogP) is -0.181. The average molecular weight is 248 g/mol. The first kappa shape index (κ1) is 10.8. The number of H-pyrrole nitrogens is 1. The quantitative estimate of drug-likeness (QED) is 0.759. The first-order valence-corrected chi connectivity index (χ1v) is 5.54. The van der Waals surface area contributed by atoms with Crippen LogP contribution in [0.25, 0.3) is 10.9 Å². The number of aromatic nitrogens is 3. The van der Waals surface area contributed by atoms with Gasteiger partial charge in [0.25, 0.3) is 11.5 Å². The normalized spacial score (nSPS) is 15.0. The summed E-state index contributed by atoms with van der Waals surface area (Å²) in [6, 6.07) is 0. The van der Waals surface area contributed by atoms with Gasteiger partial charge in [-0.1, -0.05) is 0 Å². The van der Waals surface area contributed by atoms with Crippen molar-refractivity contribution >= 4 is 16.8 Å². The maximum absolute atomic E-state index is 12.2. The van der Waals surface area contributed by atoms with Crippen LogP contribution in [0.15, 0.2) is 11.0 Å². The van der Waals surface area contributed by atoms with E-state index in [9.17, 15) is 9.59 Å². The van der Waals surface area contributed by atoms with Gasteiger partial charge in [0.1, 0.15) is 5.39 Å². The van der Waals surface area contributed by atoms with Gasteiger partial charge in [-0.2, -0.15) is 5.10 Å². The molecule has 0 saturated carbocycles. The maximum Gasteiger partial charge on any atom is 0.277 e. The number of amides is 1. The molecule has 0 bridgehead atoms. The van der Waals surface area contributed by atoms with Crippen LogP contribution in [0, 0.1) is 0 Å². The molecule has 18 heavy (non-hydrogen) atoms. The number of rotatable bonds is 1. The van der Waals surface area contributed by atoms with E-state index in [1.165, 1.54) is 7.11 Å². The fourth-order valence-electron chi connectivity index (χ4n) is 2.35. The molecule has 7 heteroatoms. The van der Waals surface area contributed by atoms with Crippen LogP contribution in [0.4, 0.5) is 0 Å². The maximum atomic E-state index is 12.2. The highest BCUT2D eigenvalue weighted by Crippen LogP contribution is 2.32. The van der Waals surface area contributed by atoms with Crippen molar-refractivity contribution in [3.63, 3.8) is 0 Å². The van der Waals surface area contributed by atoms with Crippen LogP contribution < -0.4 is 10.3 Å². The molecule has 0 spiro atoms. The van der Waals surface area contributed by atoms with E-state index in [-0.39, 0.29) is 11.5 Å². The lowest BCUT2D eigenvalue weighted by molar-refractivity contribution is 0.0746. The van der Waals surface area contributed by atoms with E-state index in [1.54, 1.807) is 22.7 Å². The number of carbonyl (C=O) groups is 1. The van der Waals surface area contributed by atoms with Gasteiger partial charge in [-0.05, 0) is 0 Å². The minimum Gasteiger partial charge on any atom is -0.493 e. The van der Waals surface area contributed by atoms with Crippen molar-refractivity contribution in [1.82, 2.24) is 19.7 Å². The molecule has 0 unspecified atom stereocenters. The van der Waals surface area contributed by atoms with Crippen molar-refractivity contribution in [3.8, 4) is 5.75 Å². The third kappa shape index (κ3) is 1.21. The predicted molar refractivity (Wildman–Crippen MR) is 63.9 cm³/mol. The van der Waals surface area contributed by atoms with E-state index in [0.717, 1.165) is 0 Å². The highest BCUT2D eigenvalue weighted by atomic mass is 16.5. The Kier molecular flexibility index (Phi) is 2.16. The Balaban J connectivity index is 2.47. The smallest absolute Gasteiger partial charge is 0.277 e. The Morgan fingerprint density at radius 3 is 2.89 bits per heavy atom. The number of ether oxygens (including phenoxy) is 1. The molecule has 0 aromatic carbocycles. The second kappa shape index (κ2) is 3.59. The minimum absolute atomic E-state index is 0.145. The number of nitrogens with zero attached hydrogens (tertiary/aromatic N) is 3. The highest BCUT2D eigenvalue weighted by molar-refractivity contribution is 6.04. The van der Waals surface area contributed by atoms with Crippen molar-refractivity contribution in [2.75, 3.05) is 20.7 Å². The van der Waals surface area contributed by atoms with E-state index < -0.39 is 0 Å². The molecule has 2 aromatic rings. The number of aromatic amines is 1. The van der Waals surface area contributed by atoms with Crippen molar-refractivity contribution < 1.29 is 9.53 Å². The second-order valence-corrected chi connectivity index (χ2v) is 4.22. The van der Waals surface area contributed by atoms with Crippen molar-refractivity contribution in [2.45, 2.75) is 6.54 Å². The van der Waals surface area contributed by atoms with Crippen molar-refractivity contribution in [1.29, 1.82) is 0 Å². The lowest BCUT2D eigenvalue weighted by Gasteiger charge is -2.25. The van der Waals surface area contributed by atoms with Gasteiger partial charge in [0.2, 0.25) is 0 Å². The summed E-state index contributed by atoms with van der Waals surface area (Å²) in [5.74, 6) is 0.180. The standard InChI is InChI=1S/C11H12N4O3/c1-14-3-4-15-6-5-12-13-10(16)7(6)9(18-2)8(15)11(14)17/h5H,3-4H2,1-2H3,(H,13,16). The molecule has 0 fully saturated rings. The number of hydrogen-bond acceptors (Lipinski definition) is 4. The molecular weight excluding hydrogens is 236 g/mol. The van der Waals surface area contributed by atoms with Crippen molar-refractivity contribution in [3.05, 3.63) is 22.2 Å². The highest BCUT2D eigenvalue weighted by Gasteiger charge is 2.30. The number of carbonyl (C=O) groups excluding carboxylic acids is 1. The summed E-state index contributed by atoms with van der Waals surface area (Å²) in [6.07, 6.45) is 1.54. The molecule has 94 valence electrons. The zero-order chi connectivity index (χ0) is 12.9. The Morgan fingerprint density at radius 2 is 2.17 bits per heavy atom. The zero-order valence-corrected chi connectivity index (χ0v) is 10.1. The van der Waals surface area contributed by atoms with Gasteiger partial charge in [-0.25, -0.2) is 5.10 Å². The largest absolute Gasteiger partial charge is 0.493 e. The van der Waals surface area contributed by atoms with Crippen LogP contribution in [0.5, 0.6) is 5.75 Å². The topological polar surface area (TPSA) is 80.2 Å². The number of methoxy groups -OCH3 is 1. The number of likely N-dealkylation sites (N-methyl/N-ethyl adjacent to an activating group) is 1. The molecule has 1 aliphatic heterocycles.